The van der Waals surface area contributed by atoms with Gasteiger partial charge < -0.3 is 0 Å². The van der Waals surface area contributed by atoms with Gasteiger partial charge >= 0.3 is 232 Å². The van der Waals surface area contributed by atoms with Gasteiger partial charge in [-0.1, -0.05) is 0 Å². The van der Waals surface area contributed by atoms with E-state index < -0.39 is 26.5 Å². The Bertz CT molecular complexity index is 1370. The normalized spacial score (nSPS) is 16.9. The first-order valence-corrected chi connectivity index (χ1v) is 28.2. The number of rotatable bonds is 2. The van der Waals surface area contributed by atoms with E-state index in [9.17, 15) is 0 Å². The van der Waals surface area contributed by atoms with Crippen LogP contribution in [0.2, 0.25) is 23.0 Å². The number of thiophene rings is 2. The molecule has 164 valence electrons. The van der Waals surface area contributed by atoms with E-state index in [1.54, 1.807) is 28.5 Å². The van der Waals surface area contributed by atoms with Crippen molar-refractivity contribution >= 4 is 134 Å². The molecule has 0 amide bonds. The number of hydrogen-bond acceptors (Lipinski definition) is 4. The molecule has 0 atom stereocenters. The molecule has 0 bridgehead atoms. The third kappa shape index (κ3) is 2.93. The molecule has 0 unspecified atom stereocenters. The zero-order chi connectivity index (χ0) is 22.7. The summed E-state index contributed by atoms with van der Waals surface area (Å²) < 4.78 is 9.24. The molecule has 0 aliphatic carbocycles. The quantitative estimate of drug-likeness (QED) is 0.128. The second-order valence-corrected chi connectivity index (χ2v) is 33.7. The molecule has 2 aliphatic heterocycles. The SMILES string of the molecule is CSc1cc2[c]3c(c(CS)cc2[c]2c1-c1sc(Br)c[c]1[Ge]2([CH3])[CH3])-c1sc(Br)c[c]1[Ge]3([CH3])[CH3]. The number of hydrogen-bond donors (Lipinski definition) is 1. The summed E-state index contributed by atoms with van der Waals surface area (Å²) in [5.74, 6) is 11.2. The summed E-state index contributed by atoms with van der Waals surface area (Å²) >= 11 is 13.3. The summed E-state index contributed by atoms with van der Waals surface area (Å²) in [5.41, 5.74) is 4.50. The van der Waals surface area contributed by atoms with Gasteiger partial charge in [0.05, 0.1) is 0 Å². The van der Waals surface area contributed by atoms with E-state index in [0.29, 0.717) is 0 Å². The number of fused-ring (bicyclic) bond motifs is 9. The first-order chi connectivity index (χ1) is 15.1. The first kappa shape index (κ1) is 23.3. The number of thiol groups is 1. The summed E-state index contributed by atoms with van der Waals surface area (Å²) in [6.45, 7) is 0. The van der Waals surface area contributed by atoms with Crippen LogP contribution in [0.15, 0.2) is 36.7 Å². The fourth-order valence-electron chi connectivity index (χ4n) is 5.93. The van der Waals surface area contributed by atoms with Crippen LogP contribution in [-0.2, 0) is 5.75 Å². The summed E-state index contributed by atoms with van der Waals surface area (Å²) in [7, 11) is 0. The van der Waals surface area contributed by atoms with Crippen LogP contribution >= 0.6 is 78.9 Å². The Morgan fingerprint density at radius 3 is 1.84 bits per heavy atom. The zero-order valence-electron chi connectivity index (χ0n) is 18.4. The molecular weight excluding hydrogens is 722 g/mol. The topological polar surface area (TPSA) is 0 Å². The molecule has 6 rings (SSSR count). The second kappa shape index (κ2) is 7.67. The third-order valence-electron chi connectivity index (χ3n) is 7.34. The Morgan fingerprint density at radius 1 is 0.812 bits per heavy atom. The molecule has 0 spiro atoms. The van der Waals surface area contributed by atoms with Gasteiger partial charge in [-0.05, 0) is 0 Å². The van der Waals surface area contributed by atoms with Gasteiger partial charge in [-0.15, -0.1) is 0 Å². The Hall–Kier alpha value is 0.846. The monoisotopic (exact) mass is 744 g/mol. The molecule has 4 heterocycles. The van der Waals surface area contributed by atoms with E-state index >= 15 is 0 Å². The van der Waals surface area contributed by atoms with Crippen molar-refractivity contribution in [2.75, 3.05) is 6.26 Å². The van der Waals surface area contributed by atoms with Crippen molar-refractivity contribution in [1.29, 1.82) is 0 Å². The summed E-state index contributed by atoms with van der Waals surface area (Å²) in [6.07, 6.45) is 2.25. The molecule has 2 aromatic carbocycles. The molecule has 2 aromatic heterocycles. The van der Waals surface area contributed by atoms with Gasteiger partial charge in [0.2, 0.25) is 0 Å². The molecular formula is C24H22Br2Ge2S4. The minimum absolute atomic E-state index is 0.797. The zero-order valence-corrected chi connectivity index (χ0v) is 29.2. The first-order valence-electron chi connectivity index (χ1n) is 10.5. The van der Waals surface area contributed by atoms with Crippen LogP contribution in [0.1, 0.15) is 5.56 Å². The van der Waals surface area contributed by atoms with E-state index in [4.69, 9.17) is 12.6 Å². The predicted molar refractivity (Wildman–Crippen MR) is 164 cm³/mol. The molecule has 4 aromatic rings. The van der Waals surface area contributed by atoms with E-state index in [1.165, 1.54) is 38.7 Å². The van der Waals surface area contributed by atoms with Crippen LogP contribution in [0.4, 0.5) is 0 Å². The van der Waals surface area contributed by atoms with E-state index in [2.05, 4.69) is 85.4 Å². The van der Waals surface area contributed by atoms with Crippen LogP contribution < -0.4 is 17.6 Å². The molecule has 2 aliphatic rings. The third-order valence-corrected chi connectivity index (χ3v) is 27.2. The number of benzene rings is 2. The Kier molecular flexibility index (Phi) is 5.58. The van der Waals surface area contributed by atoms with Crippen LogP contribution in [0.25, 0.3) is 31.7 Å². The Morgan fingerprint density at radius 2 is 1.31 bits per heavy atom. The van der Waals surface area contributed by atoms with Crippen molar-refractivity contribution < 1.29 is 0 Å². The van der Waals surface area contributed by atoms with Gasteiger partial charge in [-0.2, -0.15) is 0 Å². The van der Waals surface area contributed by atoms with Gasteiger partial charge in [0.15, 0.2) is 0 Å². The average molecular weight is 744 g/mol. The van der Waals surface area contributed by atoms with Gasteiger partial charge in [0.1, 0.15) is 0 Å². The minimum atomic E-state index is -2.43. The molecule has 0 saturated heterocycles. The second-order valence-electron chi connectivity index (χ2n) is 9.70. The number of halogens is 2. The van der Waals surface area contributed by atoms with E-state index in [-0.39, 0.29) is 0 Å². The fourth-order valence-corrected chi connectivity index (χ4v) is 28.9. The van der Waals surface area contributed by atoms with Crippen molar-refractivity contribution in [3.8, 4) is 20.9 Å². The maximum absolute atomic E-state index is 4.85. The van der Waals surface area contributed by atoms with E-state index in [1.807, 2.05) is 34.4 Å². The average Bonchev–Trinajstić information content (AvgIpc) is 3.42. The molecule has 0 radical (unpaired) electrons. The predicted octanol–water partition coefficient (Wildman–Crippen LogP) is 7.25. The molecule has 0 fully saturated rings. The molecule has 8 heteroatoms. The van der Waals surface area contributed by atoms with Crippen LogP contribution in [0.5, 0.6) is 0 Å². The van der Waals surface area contributed by atoms with Crippen LogP contribution in [-0.4, -0.2) is 32.8 Å². The van der Waals surface area contributed by atoms with Gasteiger partial charge in [-0.3, -0.25) is 0 Å². The Labute approximate surface area is 229 Å². The molecule has 0 nitrogen and oxygen atoms in total. The van der Waals surface area contributed by atoms with Crippen molar-refractivity contribution in [1.82, 2.24) is 0 Å². The summed E-state index contributed by atoms with van der Waals surface area (Å²) in [5, 5.41) is 3.09. The van der Waals surface area contributed by atoms with Crippen molar-refractivity contribution in [3.05, 3.63) is 37.4 Å². The van der Waals surface area contributed by atoms with Crippen molar-refractivity contribution in [2.45, 2.75) is 33.7 Å². The molecule has 0 saturated carbocycles. The van der Waals surface area contributed by atoms with Crippen LogP contribution in [0, 0.1) is 0 Å². The van der Waals surface area contributed by atoms with Crippen LogP contribution in [0.3, 0.4) is 0 Å². The maximum atomic E-state index is 4.85. The summed E-state index contributed by atoms with van der Waals surface area (Å²) in [6, 6.07) is 9.94. The van der Waals surface area contributed by atoms with Crippen molar-refractivity contribution in [2.24, 2.45) is 0 Å². The van der Waals surface area contributed by atoms with Crippen molar-refractivity contribution in [3.63, 3.8) is 0 Å². The fraction of sp³-hybridized carbons (Fsp3) is 0.250. The molecule has 0 N–H and O–H groups in total. The Balaban J connectivity index is 1.82. The van der Waals surface area contributed by atoms with Gasteiger partial charge in [0, 0.05) is 0 Å². The molecule has 32 heavy (non-hydrogen) atoms. The van der Waals surface area contributed by atoms with Gasteiger partial charge in [-0.25, -0.2) is 0 Å². The standard InChI is InChI=1S/C24H22Br2Ge2S4/c1-27(2)14-8-17(25)31-23(14)19-11(10-29)6-12-13(21(19)27)7-16(30-5)20-22(12)28(3,4)15-9-18(26)32-24(15)20/h6-9,29H,10H2,1-5H3. The number of thioether (sulfide) groups is 1. The van der Waals surface area contributed by atoms with Gasteiger partial charge in [0.25, 0.3) is 0 Å². The summed E-state index contributed by atoms with van der Waals surface area (Å²) in [4.78, 5) is 4.51. The van der Waals surface area contributed by atoms with E-state index in [0.717, 1.165) is 5.75 Å².